The van der Waals surface area contributed by atoms with E-state index in [4.69, 9.17) is 0 Å². The number of hydrogen-bond acceptors (Lipinski definition) is 3. The molecule has 2 aliphatic rings. The molecule has 1 unspecified atom stereocenters. The molecular weight excluding hydrogens is 491 g/mol. The number of benzene rings is 1. The molecular formula is C26H22F3N3OS2. The van der Waals surface area contributed by atoms with E-state index in [-0.39, 0.29) is 11.7 Å². The molecule has 180 valence electrons. The van der Waals surface area contributed by atoms with Gasteiger partial charge in [-0.1, -0.05) is 12.1 Å². The number of halogens is 3. The number of hydrogen-bond donors (Lipinski definition) is 1. The third kappa shape index (κ3) is 3.96. The first kappa shape index (κ1) is 22.4. The van der Waals surface area contributed by atoms with Crippen LogP contribution in [0.25, 0.3) is 5.00 Å². The van der Waals surface area contributed by atoms with E-state index in [0.29, 0.717) is 6.54 Å². The van der Waals surface area contributed by atoms with Crippen LogP contribution in [0.5, 0.6) is 0 Å². The Labute approximate surface area is 208 Å². The predicted molar refractivity (Wildman–Crippen MR) is 132 cm³/mol. The van der Waals surface area contributed by atoms with Crippen molar-refractivity contribution in [2.45, 2.75) is 44.4 Å². The summed E-state index contributed by atoms with van der Waals surface area (Å²) in [6.45, 7) is 0.399. The molecule has 0 radical (unpaired) electrons. The topological polar surface area (TPSA) is 37.3 Å². The van der Waals surface area contributed by atoms with Crippen molar-refractivity contribution in [2.24, 2.45) is 0 Å². The minimum Gasteiger partial charge on any atom is -0.310 e. The second-order valence-electron chi connectivity index (χ2n) is 8.85. The van der Waals surface area contributed by atoms with E-state index in [2.05, 4.69) is 9.88 Å². The molecule has 4 aromatic rings. The van der Waals surface area contributed by atoms with Crippen molar-refractivity contribution in [3.05, 3.63) is 92.2 Å². The van der Waals surface area contributed by atoms with Gasteiger partial charge in [-0.2, -0.15) is 13.2 Å². The number of nitrogens with one attached hydrogen (secondary N) is 1. The number of aromatic nitrogens is 1. The molecule has 3 aromatic heterocycles. The number of urea groups is 1. The number of carbonyl (C=O) groups is 1. The summed E-state index contributed by atoms with van der Waals surface area (Å²) < 4.78 is 42.0. The Bertz CT molecular complexity index is 1390. The van der Waals surface area contributed by atoms with E-state index in [1.54, 1.807) is 27.6 Å². The van der Waals surface area contributed by atoms with Gasteiger partial charge in [-0.15, -0.1) is 22.7 Å². The molecule has 35 heavy (non-hydrogen) atoms. The number of rotatable bonds is 2. The van der Waals surface area contributed by atoms with Gasteiger partial charge in [-0.25, -0.2) is 4.79 Å². The molecule has 0 fully saturated rings. The minimum absolute atomic E-state index is 0.127. The maximum Gasteiger partial charge on any atom is 0.416 e. The normalized spacial score (nSPS) is 17.3. The molecule has 4 heterocycles. The van der Waals surface area contributed by atoms with E-state index in [1.807, 2.05) is 35.8 Å². The highest BCUT2D eigenvalue weighted by molar-refractivity contribution is 7.15. The van der Waals surface area contributed by atoms with Gasteiger partial charge in [-0.3, -0.25) is 0 Å². The fourth-order valence-electron chi connectivity index (χ4n) is 5.10. The van der Waals surface area contributed by atoms with Gasteiger partial charge < -0.3 is 14.8 Å². The molecule has 1 atom stereocenters. The number of fused-ring (bicyclic) bond motifs is 5. The molecule has 1 aliphatic heterocycles. The average molecular weight is 514 g/mol. The van der Waals surface area contributed by atoms with Crippen LogP contribution in [0.3, 0.4) is 0 Å². The number of aryl methyl sites for hydroxylation is 1. The smallest absolute Gasteiger partial charge is 0.310 e. The summed E-state index contributed by atoms with van der Waals surface area (Å²) >= 11 is 3.37. The number of thiophene rings is 2. The summed E-state index contributed by atoms with van der Waals surface area (Å²) in [7, 11) is 0. The molecule has 1 aliphatic carbocycles. The highest BCUT2D eigenvalue weighted by Crippen LogP contribution is 2.45. The Morgan fingerprint density at radius 1 is 1.03 bits per heavy atom. The van der Waals surface area contributed by atoms with E-state index >= 15 is 0 Å². The molecule has 4 nitrogen and oxygen atoms in total. The third-order valence-corrected chi connectivity index (χ3v) is 8.95. The summed E-state index contributed by atoms with van der Waals surface area (Å²) in [6.07, 6.45) is 1.90. The van der Waals surface area contributed by atoms with Crippen molar-refractivity contribution in [3.63, 3.8) is 0 Å². The van der Waals surface area contributed by atoms with Crippen LogP contribution in [-0.2, 0) is 25.6 Å². The molecule has 9 heteroatoms. The molecule has 2 amide bonds. The molecule has 1 N–H and O–H groups in total. The first-order valence-electron chi connectivity index (χ1n) is 11.5. The van der Waals surface area contributed by atoms with Gasteiger partial charge in [0.05, 0.1) is 17.8 Å². The maximum atomic E-state index is 13.8. The molecule has 0 saturated carbocycles. The SMILES string of the molecule is O=C(Nc1cccc(C(F)(F)F)c1)N1Cc2c(sc3c2CCCC3)-n2cccc2C1c1cccs1. The fraction of sp³-hybridized carbons (Fsp3) is 0.269. The van der Waals surface area contributed by atoms with Crippen molar-refractivity contribution >= 4 is 34.4 Å². The van der Waals surface area contributed by atoms with E-state index in [0.717, 1.165) is 52.5 Å². The van der Waals surface area contributed by atoms with Crippen LogP contribution in [0.15, 0.2) is 60.1 Å². The van der Waals surface area contributed by atoms with Gasteiger partial charge in [0.2, 0.25) is 0 Å². The zero-order chi connectivity index (χ0) is 24.2. The lowest BCUT2D eigenvalue weighted by molar-refractivity contribution is -0.137. The summed E-state index contributed by atoms with van der Waals surface area (Å²) in [6, 6.07) is 12.0. The standard InChI is InChI=1S/C26H22F3N3OS2/c27-26(28,29)16-6-3-7-17(14-16)30-25(33)32-15-19-18-8-1-2-10-21(18)35-24(19)31-12-4-9-20(31)23(32)22-11-5-13-34-22/h3-7,9,11-14,23H,1-2,8,10,15H2,(H,30,33). The number of nitrogens with zero attached hydrogens (tertiary/aromatic N) is 2. The van der Waals surface area contributed by atoms with Crippen LogP contribution in [0.1, 0.15) is 51.0 Å². The largest absolute Gasteiger partial charge is 0.416 e. The summed E-state index contributed by atoms with van der Waals surface area (Å²) in [5, 5.41) is 5.88. The predicted octanol–water partition coefficient (Wildman–Crippen LogP) is 7.64. The quantitative estimate of drug-likeness (QED) is 0.294. The van der Waals surface area contributed by atoms with Gasteiger partial charge in [0, 0.05) is 27.2 Å². The molecule has 6 rings (SSSR count). The highest BCUT2D eigenvalue weighted by atomic mass is 32.1. The van der Waals surface area contributed by atoms with Gasteiger partial charge >= 0.3 is 12.2 Å². The summed E-state index contributed by atoms with van der Waals surface area (Å²) in [5.74, 6) is 0. The Morgan fingerprint density at radius 2 is 1.89 bits per heavy atom. The lowest BCUT2D eigenvalue weighted by Crippen LogP contribution is -2.37. The third-order valence-electron chi connectivity index (χ3n) is 6.69. The van der Waals surface area contributed by atoms with E-state index in [9.17, 15) is 18.0 Å². The van der Waals surface area contributed by atoms with Crippen molar-refractivity contribution < 1.29 is 18.0 Å². The number of amides is 2. The molecule has 0 spiro atoms. The Morgan fingerprint density at radius 3 is 2.69 bits per heavy atom. The second kappa shape index (κ2) is 8.57. The van der Waals surface area contributed by atoms with Gasteiger partial charge in [0.1, 0.15) is 11.0 Å². The Hall–Kier alpha value is -3.04. The van der Waals surface area contributed by atoms with Crippen LogP contribution in [0.2, 0.25) is 0 Å². The van der Waals surface area contributed by atoms with Crippen LogP contribution in [0, 0.1) is 0 Å². The van der Waals surface area contributed by atoms with Crippen LogP contribution in [-0.4, -0.2) is 15.5 Å². The summed E-state index contributed by atoms with van der Waals surface area (Å²) in [5.41, 5.74) is 2.80. The van der Waals surface area contributed by atoms with Crippen LogP contribution < -0.4 is 5.32 Å². The highest BCUT2D eigenvalue weighted by Gasteiger charge is 2.37. The van der Waals surface area contributed by atoms with Crippen molar-refractivity contribution in [2.75, 3.05) is 5.32 Å². The lowest BCUT2D eigenvalue weighted by atomic mass is 9.95. The molecule has 0 saturated heterocycles. The van der Waals surface area contributed by atoms with Crippen molar-refractivity contribution in [3.8, 4) is 5.00 Å². The molecule has 1 aromatic carbocycles. The Balaban J connectivity index is 1.44. The number of anilines is 1. The first-order chi connectivity index (χ1) is 16.9. The van der Waals surface area contributed by atoms with E-state index in [1.165, 1.54) is 29.0 Å². The average Bonchev–Trinajstić information content (AvgIpc) is 3.58. The van der Waals surface area contributed by atoms with Gasteiger partial charge in [0.15, 0.2) is 0 Å². The van der Waals surface area contributed by atoms with Gasteiger partial charge in [-0.05, 0) is 73.0 Å². The Kier molecular flexibility index (Phi) is 5.49. The fourth-order valence-corrected chi connectivity index (χ4v) is 7.35. The zero-order valence-corrected chi connectivity index (χ0v) is 20.3. The molecule has 0 bridgehead atoms. The monoisotopic (exact) mass is 513 g/mol. The second-order valence-corrected chi connectivity index (χ2v) is 10.9. The van der Waals surface area contributed by atoms with Crippen LogP contribution in [0.4, 0.5) is 23.7 Å². The summed E-state index contributed by atoms with van der Waals surface area (Å²) in [4.78, 5) is 17.9. The lowest BCUT2D eigenvalue weighted by Gasteiger charge is -2.30. The van der Waals surface area contributed by atoms with Gasteiger partial charge in [0.25, 0.3) is 0 Å². The number of carbonyl (C=O) groups excluding carboxylic acids is 1. The van der Waals surface area contributed by atoms with Crippen LogP contribution >= 0.6 is 22.7 Å². The first-order valence-corrected chi connectivity index (χ1v) is 13.2. The minimum atomic E-state index is -4.48. The number of alkyl halides is 3. The van der Waals surface area contributed by atoms with Crippen molar-refractivity contribution in [1.29, 1.82) is 0 Å². The van der Waals surface area contributed by atoms with Crippen molar-refractivity contribution in [1.82, 2.24) is 9.47 Å². The zero-order valence-electron chi connectivity index (χ0n) is 18.6. The maximum absolute atomic E-state index is 13.8. The van der Waals surface area contributed by atoms with E-state index < -0.39 is 17.8 Å².